The van der Waals surface area contributed by atoms with E-state index in [9.17, 15) is 19.2 Å². The van der Waals surface area contributed by atoms with Gasteiger partial charge in [0.25, 0.3) is 10.5 Å². The Hall–Kier alpha value is -1.88. The molecule has 4 amide bonds. The second kappa shape index (κ2) is 12.2. The normalized spacial score (nSPS) is 20.0. The Kier molecular flexibility index (Phi) is 9.04. The molecule has 2 atom stereocenters. The van der Waals surface area contributed by atoms with E-state index in [4.69, 9.17) is 0 Å². The molecular weight excluding hydrogens is 509 g/mol. The number of thioether (sulfide) groups is 4. The van der Waals surface area contributed by atoms with Gasteiger partial charge in [-0.1, -0.05) is 47.8 Å². The van der Waals surface area contributed by atoms with E-state index < -0.39 is 0 Å². The molecule has 2 saturated heterocycles. The third-order valence-corrected chi connectivity index (χ3v) is 9.46. The van der Waals surface area contributed by atoms with Crippen molar-refractivity contribution in [3.05, 3.63) is 59.7 Å². The Bertz CT molecular complexity index is 974. The van der Waals surface area contributed by atoms with E-state index in [1.54, 1.807) is 0 Å². The summed E-state index contributed by atoms with van der Waals surface area (Å²) in [4.78, 5) is 48.4. The largest absolute Gasteiger partial charge is 0.286 e. The summed E-state index contributed by atoms with van der Waals surface area (Å²) in [6.07, 6.45) is 3.39. The molecule has 2 aliphatic heterocycles. The van der Waals surface area contributed by atoms with Crippen LogP contribution in [0, 0.1) is 0 Å². The van der Waals surface area contributed by atoms with Crippen molar-refractivity contribution in [3.63, 3.8) is 0 Å². The number of amides is 4. The van der Waals surface area contributed by atoms with Crippen LogP contribution in [0.5, 0.6) is 0 Å². The summed E-state index contributed by atoms with van der Waals surface area (Å²) in [6, 6.07) is 16.5. The Morgan fingerprint density at radius 3 is 1.32 bits per heavy atom. The molecule has 4 rings (SSSR count). The topological polar surface area (TPSA) is 92.3 Å². The second-order valence-corrected chi connectivity index (χ2v) is 12.6. The molecule has 0 spiro atoms. The van der Waals surface area contributed by atoms with Crippen LogP contribution in [0.25, 0.3) is 0 Å². The van der Waals surface area contributed by atoms with Crippen molar-refractivity contribution in [2.75, 3.05) is 11.5 Å². The summed E-state index contributed by atoms with van der Waals surface area (Å²) in [5.74, 6) is 1.71. The maximum atomic E-state index is 11.7. The fourth-order valence-corrected chi connectivity index (χ4v) is 7.06. The van der Waals surface area contributed by atoms with Gasteiger partial charge >= 0.3 is 0 Å². The Balaban J connectivity index is 1.10. The standard InChI is InChI=1S/C24H24N2O4S4/c27-21-19(33-23(29)25-21)13-15-3-7-17(8-4-15)31-11-1-2-12-32-18-9-5-16(6-10-18)14-20-22(28)26-24(30)34-20/h3-10,19-20H,1-2,11-14H2,(H,25,27,29)(H,26,28,30). The maximum Gasteiger partial charge on any atom is 0.286 e. The number of nitrogens with one attached hydrogen (secondary N) is 2. The number of hydrogen-bond acceptors (Lipinski definition) is 8. The van der Waals surface area contributed by atoms with E-state index >= 15 is 0 Å². The number of carbonyl (C=O) groups excluding carboxylic acids is 4. The van der Waals surface area contributed by atoms with Crippen LogP contribution in [-0.4, -0.2) is 44.3 Å². The molecule has 34 heavy (non-hydrogen) atoms. The van der Waals surface area contributed by atoms with Crippen molar-refractivity contribution in [1.29, 1.82) is 0 Å². The van der Waals surface area contributed by atoms with Gasteiger partial charge in [0.2, 0.25) is 11.8 Å². The van der Waals surface area contributed by atoms with E-state index in [0.717, 1.165) is 59.0 Å². The molecule has 0 aromatic heterocycles. The summed E-state index contributed by atoms with van der Waals surface area (Å²) < 4.78 is 0. The molecule has 2 fully saturated rings. The molecule has 2 aromatic carbocycles. The number of benzene rings is 2. The summed E-state index contributed by atoms with van der Waals surface area (Å²) in [5, 5.41) is 3.49. The van der Waals surface area contributed by atoms with E-state index in [2.05, 4.69) is 34.9 Å². The molecule has 2 aromatic rings. The zero-order valence-corrected chi connectivity index (χ0v) is 21.5. The first-order valence-corrected chi connectivity index (χ1v) is 14.7. The lowest BCUT2D eigenvalue weighted by atomic mass is 10.1. The molecule has 2 heterocycles. The average Bonchev–Trinajstić information content (AvgIpc) is 3.31. The smallest absolute Gasteiger partial charge is 0.286 e. The SMILES string of the molecule is O=C1NC(=O)C(Cc2ccc(SCCCCSc3ccc(CC4SC(=O)NC4=O)cc3)cc2)S1. The van der Waals surface area contributed by atoms with Gasteiger partial charge < -0.3 is 0 Å². The fraction of sp³-hybridized carbons (Fsp3) is 0.333. The van der Waals surface area contributed by atoms with Crippen LogP contribution in [0.1, 0.15) is 24.0 Å². The highest BCUT2D eigenvalue weighted by molar-refractivity contribution is 8.15. The summed E-state index contributed by atoms with van der Waals surface area (Å²) in [6.45, 7) is 0. The van der Waals surface area contributed by atoms with Crippen LogP contribution >= 0.6 is 47.0 Å². The molecule has 2 unspecified atom stereocenters. The number of imide groups is 2. The summed E-state index contributed by atoms with van der Waals surface area (Å²) >= 11 is 5.79. The maximum absolute atomic E-state index is 11.7. The third kappa shape index (κ3) is 7.31. The Morgan fingerprint density at radius 2 is 1.00 bits per heavy atom. The van der Waals surface area contributed by atoms with E-state index in [1.807, 2.05) is 47.8 Å². The highest BCUT2D eigenvalue weighted by Crippen LogP contribution is 2.27. The van der Waals surface area contributed by atoms with Gasteiger partial charge in [0.1, 0.15) is 0 Å². The molecular formula is C24H24N2O4S4. The Morgan fingerprint density at radius 1 is 0.618 bits per heavy atom. The van der Waals surface area contributed by atoms with Crippen LogP contribution in [0.15, 0.2) is 58.3 Å². The highest BCUT2D eigenvalue weighted by atomic mass is 32.2. The van der Waals surface area contributed by atoms with Crippen molar-refractivity contribution >= 4 is 69.3 Å². The minimum absolute atomic E-state index is 0.197. The first kappa shape index (κ1) is 25.2. The first-order chi connectivity index (χ1) is 16.5. The molecule has 0 bridgehead atoms. The first-order valence-electron chi connectivity index (χ1n) is 10.9. The molecule has 0 saturated carbocycles. The molecule has 178 valence electrons. The van der Waals surface area contributed by atoms with Gasteiger partial charge in [-0.25, -0.2) is 0 Å². The predicted molar refractivity (Wildman–Crippen MR) is 141 cm³/mol. The van der Waals surface area contributed by atoms with Gasteiger partial charge in [0, 0.05) is 9.79 Å². The minimum atomic E-state index is -0.321. The van der Waals surface area contributed by atoms with E-state index in [0.29, 0.717) is 12.8 Å². The van der Waals surface area contributed by atoms with Crippen molar-refractivity contribution in [2.24, 2.45) is 0 Å². The van der Waals surface area contributed by atoms with Crippen LogP contribution in [0.3, 0.4) is 0 Å². The van der Waals surface area contributed by atoms with Gasteiger partial charge in [0.05, 0.1) is 10.5 Å². The molecule has 10 heteroatoms. The van der Waals surface area contributed by atoms with Crippen LogP contribution in [0.4, 0.5) is 9.59 Å². The summed E-state index contributed by atoms with van der Waals surface area (Å²) in [7, 11) is 0. The van der Waals surface area contributed by atoms with Crippen LogP contribution in [0.2, 0.25) is 0 Å². The number of rotatable bonds is 11. The number of carbonyl (C=O) groups is 4. The lowest BCUT2D eigenvalue weighted by Gasteiger charge is -2.07. The average molecular weight is 533 g/mol. The van der Waals surface area contributed by atoms with Crippen molar-refractivity contribution in [2.45, 2.75) is 46.0 Å². The monoisotopic (exact) mass is 532 g/mol. The van der Waals surface area contributed by atoms with Gasteiger partial charge in [0.15, 0.2) is 0 Å². The zero-order chi connectivity index (χ0) is 23.9. The molecule has 0 radical (unpaired) electrons. The van der Waals surface area contributed by atoms with E-state index in [1.165, 1.54) is 9.79 Å². The van der Waals surface area contributed by atoms with Gasteiger partial charge in [-0.2, -0.15) is 0 Å². The molecule has 2 N–H and O–H groups in total. The third-order valence-electron chi connectivity index (χ3n) is 5.30. The molecule has 6 nitrogen and oxygen atoms in total. The number of unbranched alkanes of at least 4 members (excludes halogenated alkanes) is 1. The molecule has 2 aliphatic rings. The quantitative estimate of drug-likeness (QED) is 0.304. The zero-order valence-electron chi connectivity index (χ0n) is 18.3. The lowest BCUT2D eigenvalue weighted by Crippen LogP contribution is -2.25. The van der Waals surface area contributed by atoms with Gasteiger partial charge in [-0.15, -0.1) is 23.5 Å². The van der Waals surface area contributed by atoms with E-state index in [-0.39, 0.29) is 32.8 Å². The Labute approximate surface area is 215 Å². The molecule has 0 aliphatic carbocycles. The van der Waals surface area contributed by atoms with Crippen LogP contribution in [-0.2, 0) is 22.4 Å². The summed E-state index contributed by atoms with van der Waals surface area (Å²) in [5.41, 5.74) is 2.13. The minimum Gasteiger partial charge on any atom is -0.286 e. The predicted octanol–water partition coefficient (Wildman–Crippen LogP) is 5.14. The highest BCUT2D eigenvalue weighted by Gasteiger charge is 2.32. The fourth-order valence-electron chi connectivity index (χ4n) is 3.51. The second-order valence-electron chi connectivity index (χ2n) is 7.87. The lowest BCUT2D eigenvalue weighted by molar-refractivity contribution is -0.119. The van der Waals surface area contributed by atoms with Crippen molar-refractivity contribution in [1.82, 2.24) is 10.6 Å². The van der Waals surface area contributed by atoms with Gasteiger partial charge in [-0.05, 0) is 72.6 Å². The van der Waals surface area contributed by atoms with Crippen molar-refractivity contribution in [3.8, 4) is 0 Å². The van der Waals surface area contributed by atoms with Crippen LogP contribution < -0.4 is 10.6 Å². The van der Waals surface area contributed by atoms with Crippen molar-refractivity contribution < 1.29 is 19.2 Å². The van der Waals surface area contributed by atoms with Gasteiger partial charge in [-0.3, -0.25) is 29.8 Å². The number of hydrogen-bond donors (Lipinski definition) is 2.